The van der Waals surface area contributed by atoms with E-state index in [0.29, 0.717) is 29.4 Å². The number of unbranched alkanes of at least 4 members (excludes halogenated alkanes) is 1. The van der Waals surface area contributed by atoms with Gasteiger partial charge in [-0.25, -0.2) is 4.79 Å². The number of carboxylic acids is 1. The number of ether oxygens (including phenoxy) is 4. The van der Waals surface area contributed by atoms with Gasteiger partial charge in [0, 0.05) is 5.56 Å². The van der Waals surface area contributed by atoms with Gasteiger partial charge in [-0.3, -0.25) is 0 Å². The summed E-state index contributed by atoms with van der Waals surface area (Å²) in [4.78, 5) is 11.3. The van der Waals surface area contributed by atoms with Gasteiger partial charge < -0.3 is 24.1 Å². The van der Waals surface area contributed by atoms with Gasteiger partial charge in [0.05, 0.1) is 27.9 Å². The summed E-state index contributed by atoms with van der Waals surface area (Å²) in [7, 11) is 4.49. The van der Waals surface area contributed by atoms with E-state index < -0.39 is 5.97 Å². The average Bonchev–Trinajstić information content (AvgIpc) is 2.52. The number of carbonyl (C=O) groups is 1. The molecule has 6 nitrogen and oxygen atoms in total. The molecule has 22 heavy (non-hydrogen) atoms. The van der Waals surface area contributed by atoms with Crippen LogP contribution >= 0.6 is 0 Å². The normalized spacial score (nSPS) is 11.0. The van der Waals surface area contributed by atoms with E-state index in [1.807, 2.05) is 6.92 Å². The largest absolute Gasteiger partial charge is 0.493 e. The molecule has 1 aromatic rings. The van der Waals surface area contributed by atoms with Gasteiger partial charge in [-0.05, 0) is 24.6 Å². The van der Waals surface area contributed by atoms with Crippen LogP contribution in [0.1, 0.15) is 25.3 Å². The van der Waals surface area contributed by atoms with Crippen molar-refractivity contribution in [1.82, 2.24) is 0 Å². The fourth-order valence-corrected chi connectivity index (χ4v) is 1.87. The lowest BCUT2D eigenvalue weighted by Gasteiger charge is -2.14. The summed E-state index contributed by atoms with van der Waals surface area (Å²) in [5.41, 5.74) is 0.536. The Morgan fingerprint density at radius 2 is 1.82 bits per heavy atom. The topological polar surface area (TPSA) is 74.2 Å². The summed E-state index contributed by atoms with van der Waals surface area (Å²) in [6.07, 6.45) is 3.12. The second kappa shape index (κ2) is 8.81. The second-order valence-electron chi connectivity index (χ2n) is 4.44. The molecule has 0 aliphatic rings. The molecule has 1 N–H and O–H groups in total. The summed E-state index contributed by atoms with van der Waals surface area (Å²) in [6, 6.07) is 3.37. The van der Waals surface area contributed by atoms with Crippen molar-refractivity contribution in [3.63, 3.8) is 0 Å². The molecule has 1 aromatic carbocycles. The number of benzene rings is 1. The number of hydrogen-bond acceptors (Lipinski definition) is 5. The van der Waals surface area contributed by atoms with E-state index in [2.05, 4.69) is 0 Å². The van der Waals surface area contributed by atoms with Crippen molar-refractivity contribution in [2.24, 2.45) is 0 Å². The lowest BCUT2D eigenvalue weighted by molar-refractivity contribution is -0.136. The quantitative estimate of drug-likeness (QED) is 0.429. The minimum Gasteiger partial charge on any atom is -0.493 e. The Hall–Kier alpha value is -2.37. The van der Waals surface area contributed by atoms with E-state index in [1.165, 1.54) is 27.4 Å². The first-order chi connectivity index (χ1) is 10.6. The molecule has 0 aliphatic heterocycles. The summed E-state index contributed by atoms with van der Waals surface area (Å²) in [6.45, 7) is 2.36. The van der Waals surface area contributed by atoms with Crippen LogP contribution < -0.4 is 14.2 Å². The van der Waals surface area contributed by atoms with E-state index in [4.69, 9.17) is 18.9 Å². The van der Waals surface area contributed by atoms with Crippen LogP contribution in [0.25, 0.3) is 6.08 Å². The lowest BCUT2D eigenvalue weighted by atomic mass is 10.1. The van der Waals surface area contributed by atoms with Crippen LogP contribution in [0.15, 0.2) is 17.9 Å². The number of hydrogen-bond donors (Lipinski definition) is 1. The molecule has 0 spiro atoms. The Bertz CT molecular complexity index is 536. The third-order valence-corrected chi connectivity index (χ3v) is 2.99. The van der Waals surface area contributed by atoms with E-state index in [-0.39, 0.29) is 5.76 Å². The molecule has 6 heteroatoms. The molecule has 0 saturated heterocycles. The van der Waals surface area contributed by atoms with E-state index >= 15 is 0 Å². The lowest BCUT2D eigenvalue weighted by Crippen LogP contribution is -2.06. The smallest absolute Gasteiger partial charge is 0.371 e. The summed E-state index contributed by atoms with van der Waals surface area (Å²) in [5, 5.41) is 9.23. The van der Waals surface area contributed by atoms with Gasteiger partial charge in [0.2, 0.25) is 11.5 Å². The Kier molecular flexibility index (Phi) is 7.08. The van der Waals surface area contributed by atoms with Crippen LogP contribution in [0.2, 0.25) is 0 Å². The van der Waals surface area contributed by atoms with E-state index in [0.717, 1.165) is 12.8 Å². The molecule has 0 unspecified atom stereocenters. The van der Waals surface area contributed by atoms with Crippen molar-refractivity contribution in [2.75, 3.05) is 27.9 Å². The summed E-state index contributed by atoms with van der Waals surface area (Å²) < 4.78 is 21.1. The molecule has 1 rings (SSSR count). The Balaban J connectivity index is 3.22. The predicted octanol–water partition coefficient (Wildman–Crippen LogP) is 2.95. The van der Waals surface area contributed by atoms with Crippen molar-refractivity contribution in [1.29, 1.82) is 0 Å². The number of rotatable bonds is 9. The molecule has 122 valence electrons. The zero-order valence-corrected chi connectivity index (χ0v) is 13.3. The van der Waals surface area contributed by atoms with Gasteiger partial charge >= 0.3 is 5.97 Å². The monoisotopic (exact) mass is 310 g/mol. The standard InChI is InChI=1S/C16H22O6/c1-5-6-9-22-13(16(17)18)10-11-7-8-12(19-2)15(21-4)14(11)20-3/h7-8,10H,5-6,9H2,1-4H3,(H,17,18). The van der Waals surface area contributed by atoms with Crippen molar-refractivity contribution >= 4 is 12.0 Å². The van der Waals surface area contributed by atoms with Gasteiger partial charge in [-0.15, -0.1) is 0 Å². The average molecular weight is 310 g/mol. The molecule has 0 atom stereocenters. The van der Waals surface area contributed by atoms with Gasteiger partial charge in [-0.1, -0.05) is 13.3 Å². The van der Waals surface area contributed by atoms with Crippen molar-refractivity contribution in [3.05, 3.63) is 23.5 Å². The molecule has 0 saturated carbocycles. The fourth-order valence-electron chi connectivity index (χ4n) is 1.87. The van der Waals surface area contributed by atoms with Crippen molar-refractivity contribution in [3.8, 4) is 17.2 Å². The van der Waals surface area contributed by atoms with Crippen molar-refractivity contribution < 1.29 is 28.8 Å². The first-order valence-corrected chi connectivity index (χ1v) is 6.95. The molecule has 0 radical (unpaired) electrons. The maximum absolute atomic E-state index is 11.3. The first-order valence-electron chi connectivity index (χ1n) is 6.95. The first kappa shape index (κ1) is 17.7. The number of methoxy groups -OCH3 is 3. The molecular weight excluding hydrogens is 288 g/mol. The highest BCUT2D eigenvalue weighted by molar-refractivity contribution is 5.90. The zero-order chi connectivity index (χ0) is 16.5. The molecule has 0 fully saturated rings. The van der Waals surface area contributed by atoms with E-state index in [9.17, 15) is 9.90 Å². The van der Waals surface area contributed by atoms with Crippen LogP contribution in [0.3, 0.4) is 0 Å². The highest BCUT2D eigenvalue weighted by atomic mass is 16.5. The maximum atomic E-state index is 11.3. The number of aliphatic carboxylic acids is 1. The molecular formula is C16H22O6. The highest BCUT2D eigenvalue weighted by Crippen LogP contribution is 2.40. The van der Waals surface area contributed by atoms with Gasteiger partial charge in [-0.2, -0.15) is 0 Å². The van der Waals surface area contributed by atoms with Gasteiger partial charge in [0.1, 0.15) is 0 Å². The number of carboxylic acid groups (broad SMARTS) is 1. The van der Waals surface area contributed by atoms with Crippen LogP contribution in [0.4, 0.5) is 0 Å². The highest BCUT2D eigenvalue weighted by Gasteiger charge is 2.17. The van der Waals surface area contributed by atoms with Gasteiger partial charge in [0.25, 0.3) is 0 Å². The molecule has 0 aromatic heterocycles. The predicted molar refractivity (Wildman–Crippen MR) is 82.6 cm³/mol. The zero-order valence-electron chi connectivity index (χ0n) is 13.3. The minimum absolute atomic E-state index is 0.140. The Labute approximate surface area is 130 Å². The van der Waals surface area contributed by atoms with E-state index in [1.54, 1.807) is 12.1 Å². The van der Waals surface area contributed by atoms with Crippen LogP contribution in [-0.4, -0.2) is 39.0 Å². The van der Waals surface area contributed by atoms with Gasteiger partial charge in [0.15, 0.2) is 11.5 Å². The maximum Gasteiger partial charge on any atom is 0.371 e. The molecule has 0 bridgehead atoms. The minimum atomic E-state index is -1.13. The van der Waals surface area contributed by atoms with Crippen LogP contribution in [-0.2, 0) is 9.53 Å². The Morgan fingerprint density at radius 3 is 2.32 bits per heavy atom. The molecule has 0 amide bonds. The van der Waals surface area contributed by atoms with Crippen LogP contribution in [0, 0.1) is 0 Å². The SMILES string of the molecule is CCCCOC(=Cc1ccc(OC)c(OC)c1OC)C(=O)O. The Morgan fingerprint density at radius 1 is 1.14 bits per heavy atom. The molecule has 0 heterocycles. The summed E-state index contributed by atoms with van der Waals surface area (Å²) >= 11 is 0. The fraction of sp³-hybridized carbons (Fsp3) is 0.438. The molecule has 0 aliphatic carbocycles. The summed E-state index contributed by atoms with van der Waals surface area (Å²) in [5.74, 6) is 0.0175. The van der Waals surface area contributed by atoms with Crippen LogP contribution in [0.5, 0.6) is 17.2 Å². The third kappa shape index (κ3) is 4.31. The third-order valence-electron chi connectivity index (χ3n) is 2.99. The second-order valence-corrected chi connectivity index (χ2v) is 4.44. The van der Waals surface area contributed by atoms with Crippen molar-refractivity contribution in [2.45, 2.75) is 19.8 Å².